The van der Waals surface area contributed by atoms with Crippen LogP contribution in [-0.2, 0) is 14.3 Å². The minimum Gasteiger partial charge on any atom is -0.481 e. The maximum absolute atomic E-state index is 11.8. The Balaban J connectivity index is 0.00000264. The summed E-state index contributed by atoms with van der Waals surface area (Å²) >= 11 is 0. The largest absolute Gasteiger partial charge is 0.481 e. The van der Waals surface area contributed by atoms with Gasteiger partial charge in [0, 0.05) is 19.7 Å². The lowest BCUT2D eigenvalue weighted by molar-refractivity contribution is -0.141. The Morgan fingerprint density at radius 3 is 2.57 bits per heavy atom. The molecule has 0 radical (unpaired) electrons. The first kappa shape index (κ1) is 20.2. The van der Waals surface area contributed by atoms with Crippen molar-refractivity contribution in [1.29, 1.82) is 0 Å². The van der Waals surface area contributed by atoms with Crippen molar-refractivity contribution in [3.05, 3.63) is 0 Å². The molecule has 1 atom stereocenters. The highest BCUT2D eigenvalue weighted by atomic mass is 35.5. The van der Waals surface area contributed by atoms with E-state index in [9.17, 15) is 9.59 Å². The molecule has 1 amide bonds. The lowest BCUT2D eigenvalue weighted by Gasteiger charge is -2.22. The van der Waals surface area contributed by atoms with Gasteiger partial charge in [-0.15, -0.1) is 12.4 Å². The quantitative estimate of drug-likeness (QED) is 0.652. The molecule has 1 aliphatic heterocycles. The molecule has 6 nitrogen and oxygen atoms in total. The van der Waals surface area contributed by atoms with Crippen molar-refractivity contribution in [2.75, 3.05) is 32.8 Å². The first-order valence-corrected chi connectivity index (χ1v) is 8.48. The molecule has 1 saturated carbocycles. The Kier molecular flexibility index (Phi) is 9.52. The van der Waals surface area contributed by atoms with Crippen molar-refractivity contribution in [3.8, 4) is 0 Å². The van der Waals surface area contributed by atoms with E-state index in [1.54, 1.807) is 0 Å². The molecule has 23 heavy (non-hydrogen) atoms. The van der Waals surface area contributed by atoms with Crippen molar-refractivity contribution in [1.82, 2.24) is 10.2 Å². The third kappa shape index (κ3) is 7.50. The second-order valence-corrected chi connectivity index (χ2v) is 6.39. The first-order valence-electron chi connectivity index (χ1n) is 8.48. The number of nitrogens with zero attached hydrogens (tertiary/aromatic N) is 1. The summed E-state index contributed by atoms with van der Waals surface area (Å²) in [6.07, 6.45) is 8.11. The number of nitrogens with one attached hydrogen (secondary N) is 1. The van der Waals surface area contributed by atoms with Crippen molar-refractivity contribution in [2.45, 2.75) is 51.0 Å². The van der Waals surface area contributed by atoms with Crippen LogP contribution < -0.4 is 5.32 Å². The average Bonchev–Trinajstić information content (AvgIpc) is 2.96. The number of hydrogen-bond donors (Lipinski definition) is 2. The molecule has 0 bridgehead atoms. The molecule has 7 heteroatoms. The van der Waals surface area contributed by atoms with Crippen LogP contribution in [0.25, 0.3) is 0 Å². The van der Waals surface area contributed by atoms with E-state index in [1.807, 2.05) is 4.90 Å². The monoisotopic (exact) mass is 348 g/mol. The van der Waals surface area contributed by atoms with Gasteiger partial charge in [-0.3, -0.25) is 14.5 Å². The van der Waals surface area contributed by atoms with Gasteiger partial charge in [0.15, 0.2) is 0 Å². The smallest absolute Gasteiger partial charge is 0.307 e. The number of carbonyl (C=O) groups is 2. The number of hydrogen-bond acceptors (Lipinski definition) is 4. The average molecular weight is 349 g/mol. The number of likely N-dealkylation sites (tertiary alicyclic amines) is 1. The SMILES string of the molecule is Cl.O=C(CN1CCC(C(=O)O)C1)NCCCOC1CCCCC1. The molecule has 134 valence electrons. The molecule has 0 aromatic heterocycles. The van der Waals surface area contributed by atoms with Gasteiger partial charge in [0.05, 0.1) is 18.6 Å². The van der Waals surface area contributed by atoms with Crippen LogP contribution >= 0.6 is 12.4 Å². The van der Waals surface area contributed by atoms with E-state index in [0.717, 1.165) is 6.42 Å². The molecule has 0 aromatic carbocycles. The van der Waals surface area contributed by atoms with E-state index in [-0.39, 0.29) is 24.2 Å². The summed E-state index contributed by atoms with van der Waals surface area (Å²) < 4.78 is 5.81. The van der Waals surface area contributed by atoms with E-state index >= 15 is 0 Å². The number of aliphatic carboxylic acids is 1. The normalized spacial score (nSPS) is 22.5. The Labute approximate surface area is 144 Å². The van der Waals surface area contributed by atoms with Crippen molar-refractivity contribution in [2.24, 2.45) is 5.92 Å². The zero-order valence-corrected chi connectivity index (χ0v) is 14.5. The minimum atomic E-state index is -0.761. The van der Waals surface area contributed by atoms with Crippen LogP contribution in [0.1, 0.15) is 44.9 Å². The zero-order chi connectivity index (χ0) is 15.8. The van der Waals surface area contributed by atoms with Gasteiger partial charge in [0.2, 0.25) is 5.91 Å². The molecule has 0 aromatic rings. The molecule has 1 heterocycles. The lowest BCUT2D eigenvalue weighted by Crippen LogP contribution is -2.37. The van der Waals surface area contributed by atoms with Gasteiger partial charge in [-0.1, -0.05) is 19.3 Å². The van der Waals surface area contributed by atoms with Gasteiger partial charge < -0.3 is 15.2 Å². The summed E-state index contributed by atoms with van der Waals surface area (Å²) in [5.41, 5.74) is 0. The van der Waals surface area contributed by atoms with Gasteiger partial charge in [-0.2, -0.15) is 0 Å². The van der Waals surface area contributed by atoms with Crippen LogP contribution in [0.5, 0.6) is 0 Å². The third-order valence-electron chi connectivity index (χ3n) is 4.54. The Morgan fingerprint density at radius 1 is 1.17 bits per heavy atom. The summed E-state index contributed by atoms with van der Waals surface area (Å²) in [6, 6.07) is 0. The molecule has 1 aliphatic carbocycles. The minimum absolute atomic E-state index is 0. The highest BCUT2D eigenvalue weighted by molar-refractivity contribution is 5.85. The number of carboxylic acids is 1. The molecular weight excluding hydrogens is 320 g/mol. The number of rotatable bonds is 8. The molecule has 2 aliphatic rings. The fourth-order valence-corrected chi connectivity index (χ4v) is 3.22. The van der Waals surface area contributed by atoms with Gasteiger partial charge in [0.1, 0.15) is 0 Å². The van der Waals surface area contributed by atoms with Crippen molar-refractivity contribution < 1.29 is 19.4 Å². The summed E-state index contributed by atoms with van der Waals surface area (Å²) in [4.78, 5) is 24.6. The number of carboxylic acid groups (broad SMARTS) is 1. The van der Waals surface area contributed by atoms with Crippen LogP contribution in [0.2, 0.25) is 0 Å². The number of ether oxygens (including phenoxy) is 1. The van der Waals surface area contributed by atoms with Crippen LogP contribution in [0.3, 0.4) is 0 Å². The molecular formula is C16H29ClN2O4. The van der Waals surface area contributed by atoms with Gasteiger partial charge in [-0.05, 0) is 32.2 Å². The fraction of sp³-hybridized carbons (Fsp3) is 0.875. The second-order valence-electron chi connectivity index (χ2n) is 6.39. The Hall–Kier alpha value is -0.850. The predicted molar refractivity (Wildman–Crippen MR) is 89.9 cm³/mol. The van der Waals surface area contributed by atoms with Gasteiger partial charge in [-0.25, -0.2) is 0 Å². The topological polar surface area (TPSA) is 78.9 Å². The number of amides is 1. The van der Waals surface area contributed by atoms with Crippen LogP contribution in [0, 0.1) is 5.92 Å². The lowest BCUT2D eigenvalue weighted by atomic mass is 9.98. The van der Waals surface area contributed by atoms with Crippen LogP contribution in [0.4, 0.5) is 0 Å². The van der Waals surface area contributed by atoms with Crippen molar-refractivity contribution >= 4 is 24.3 Å². The van der Waals surface area contributed by atoms with E-state index in [2.05, 4.69) is 5.32 Å². The first-order chi connectivity index (χ1) is 10.6. The molecule has 1 unspecified atom stereocenters. The molecule has 0 spiro atoms. The van der Waals surface area contributed by atoms with Crippen LogP contribution in [0.15, 0.2) is 0 Å². The summed E-state index contributed by atoms with van der Waals surface area (Å²) in [6.45, 7) is 2.80. The van der Waals surface area contributed by atoms with E-state index in [0.29, 0.717) is 45.3 Å². The third-order valence-corrected chi connectivity index (χ3v) is 4.54. The maximum Gasteiger partial charge on any atom is 0.307 e. The molecule has 2 N–H and O–H groups in total. The van der Waals surface area contributed by atoms with Crippen molar-refractivity contribution in [3.63, 3.8) is 0 Å². The Morgan fingerprint density at radius 2 is 1.91 bits per heavy atom. The van der Waals surface area contributed by atoms with Crippen LogP contribution in [-0.4, -0.2) is 60.8 Å². The summed E-state index contributed by atoms with van der Waals surface area (Å²) in [7, 11) is 0. The molecule has 2 fully saturated rings. The Bertz CT molecular complexity index is 375. The van der Waals surface area contributed by atoms with Gasteiger partial charge in [0.25, 0.3) is 0 Å². The van der Waals surface area contributed by atoms with E-state index in [4.69, 9.17) is 9.84 Å². The second kappa shape index (κ2) is 10.8. The number of halogens is 1. The van der Waals surface area contributed by atoms with E-state index < -0.39 is 5.97 Å². The predicted octanol–water partition coefficient (Wildman–Crippen LogP) is 1.67. The maximum atomic E-state index is 11.8. The number of carbonyl (C=O) groups excluding carboxylic acids is 1. The molecule has 1 saturated heterocycles. The summed E-state index contributed by atoms with van der Waals surface area (Å²) in [5, 5.41) is 11.8. The van der Waals surface area contributed by atoms with E-state index in [1.165, 1.54) is 32.1 Å². The highest BCUT2D eigenvalue weighted by Gasteiger charge is 2.28. The highest BCUT2D eigenvalue weighted by Crippen LogP contribution is 2.20. The standard InChI is InChI=1S/C16H28N2O4.ClH/c19-15(12-18-9-7-13(11-18)16(20)21)17-8-4-10-22-14-5-2-1-3-6-14;/h13-14H,1-12H2,(H,17,19)(H,20,21);1H. The fourth-order valence-electron chi connectivity index (χ4n) is 3.22. The van der Waals surface area contributed by atoms with Gasteiger partial charge >= 0.3 is 5.97 Å². The summed E-state index contributed by atoms with van der Waals surface area (Å²) in [5.74, 6) is -1.11. The zero-order valence-electron chi connectivity index (χ0n) is 13.7. The molecule has 2 rings (SSSR count).